The van der Waals surface area contributed by atoms with Crippen molar-refractivity contribution in [2.24, 2.45) is 5.41 Å². The normalized spacial score (nSPS) is 16.5. The van der Waals surface area contributed by atoms with Crippen LogP contribution in [0.3, 0.4) is 0 Å². The minimum atomic E-state index is -0.506. The largest absolute Gasteiger partial charge is 0.497 e. The number of aliphatic hydroxyl groups excluding tert-OH is 1. The van der Waals surface area contributed by atoms with Gasteiger partial charge in [0.1, 0.15) is 5.75 Å². The second-order valence-electron chi connectivity index (χ2n) is 5.15. The summed E-state index contributed by atoms with van der Waals surface area (Å²) in [5.74, 6) is 0.818. The Labute approximate surface area is 113 Å². The monoisotopic (exact) mass is 263 g/mol. The average Bonchev–Trinajstić information content (AvgIpc) is 2.38. The Morgan fingerprint density at radius 3 is 2.84 bits per heavy atom. The number of aliphatic hydroxyl groups is 1. The Morgan fingerprint density at radius 2 is 2.26 bits per heavy atom. The van der Waals surface area contributed by atoms with Crippen molar-refractivity contribution in [3.63, 3.8) is 0 Å². The van der Waals surface area contributed by atoms with Crippen LogP contribution in [-0.4, -0.2) is 31.3 Å². The van der Waals surface area contributed by atoms with Crippen molar-refractivity contribution in [1.82, 2.24) is 5.32 Å². The Morgan fingerprint density at radius 1 is 1.47 bits per heavy atom. The fraction of sp³-hybridized carbons (Fsp3) is 0.533. The number of hydrogen-bond acceptors (Lipinski definition) is 3. The summed E-state index contributed by atoms with van der Waals surface area (Å²) in [6.45, 7) is 0.547. The van der Waals surface area contributed by atoms with Crippen LogP contribution in [0.4, 0.5) is 0 Å². The molecule has 1 saturated carbocycles. The second-order valence-corrected chi connectivity index (χ2v) is 5.15. The SMILES string of the molecule is COc1cccc(CCNC(=O)C2(CO)CCC2)c1. The van der Waals surface area contributed by atoms with Gasteiger partial charge in [0, 0.05) is 6.54 Å². The molecule has 1 aliphatic rings. The van der Waals surface area contributed by atoms with E-state index in [2.05, 4.69) is 5.32 Å². The molecule has 1 fully saturated rings. The molecule has 0 aliphatic heterocycles. The van der Waals surface area contributed by atoms with Gasteiger partial charge in [-0.05, 0) is 37.0 Å². The number of hydrogen-bond donors (Lipinski definition) is 2. The van der Waals surface area contributed by atoms with Crippen LogP contribution in [0.15, 0.2) is 24.3 Å². The molecule has 104 valence electrons. The molecule has 0 radical (unpaired) electrons. The maximum atomic E-state index is 12.0. The summed E-state index contributed by atoms with van der Waals surface area (Å²) < 4.78 is 5.16. The van der Waals surface area contributed by atoms with Crippen LogP contribution in [0.1, 0.15) is 24.8 Å². The van der Waals surface area contributed by atoms with Crippen molar-refractivity contribution in [2.75, 3.05) is 20.3 Å². The summed E-state index contributed by atoms with van der Waals surface area (Å²) in [6.07, 6.45) is 3.40. The van der Waals surface area contributed by atoms with Crippen molar-refractivity contribution in [3.8, 4) is 5.75 Å². The molecule has 0 saturated heterocycles. The highest BCUT2D eigenvalue weighted by atomic mass is 16.5. The first kappa shape index (κ1) is 13.9. The van der Waals surface area contributed by atoms with Crippen LogP contribution < -0.4 is 10.1 Å². The lowest BCUT2D eigenvalue weighted by Gasteiger charge is -2.38. The quantitative estimate of drug-likeness (QED) is 0.818. The fourth-order valence-electron chi connectivity index (χ4n) is 2.40. The van der Waals surface area contributed by atoms with Gasteiger partial charge in [0.05, 0.1) is 19.1 Å². The summed E-state index contributed by atoms with van der Waals surface area (Å²) in [7, 11) is 1.64. The highest BCUT2D eigenvalue weighted by molar-refractivity contribution is 5.83. The first-order chi connectivity index (χ1) is 9.20. The summed E-state index contributed by atoms with van der Waals surface area (Å²) in [4.78, 5) is 12.0. The molecule has 4 nitrogen and oxygen atoms in total. The van der Waals surface area contributed by atoms with E-state index in [1.54, 1.807) is 7.11 Å². The van der Waals surface area contributed by atoms with E-state index in [4.69, 9.17) is 4.74 Å². The third-order valence-corrected chi connectivity index (χ3v) is 3.93. The standard InChI is InChI=1S/C15H21NO3/c1-19-13-5-2-4-12(10-13)6-9-16-14(18)15(11-17)7-3-8-15/h2,4-5,10,17H,3,6-9,11H2,1H3,(H,16,18). The highest BCUT2D eigenvalue weighted by Crippen LogP contribution is 2.40. The zero-order valence-corrected chi connectivity index (χ0v) is 11.3. The Hall–Kier alpha value is -1.55. The van der Waals surface area contributed by atoms with Gasteiger partial charge in [-0.25, -0.2) is 0 Å². The lowest BCUT2D eigenvalue weighted by Crippen LogP contribution is -2.48. The van der Waals surface area contributed by atoms with Crippen LogP contribution in [0.2, 0.25) is 0 Å². The van der Waals surface area contributed by atoms with Crippen molar-refractivity contribution in [1.29, 1.82) is 0 Å². The number of carbonyl (C=O) groups excluding carboxylic acids is 1. The van der Waals surface area contributed by atoms with Gasteiger partial charge >= 0.3 is 0 Å². The number of rotatable bonds is 6. The van der Waals surface area contributed by atoms with Gasteiger partial charge in [0.25, 0.3) is 0 Å². The third kappa shape index (κ3) is 3.07. The van der Waals surface area contributed by atoms with Crippen LogP contribution in [-0.2, 0) is 11.2 Å². The van der Waals surface area contributed by atoms with Gasteiger partial charge in [-0.15, -0.1) is 0 Å². The molecular weight excluding hydrogens is 242 g/mol. The highest BCUT2D eigenvalue weighted by Gasteiger charge is 2.43. The molecule has 1 aromatic carbocycles. The number of nitrogens with one attached hydrogen (secondary N) is 1. The van der Waals surface area contributed by atoms with Gasteiger partial charge in [0.2, 0.25) is 5.91 Å². The van der Waals surface area contributed by atoms with E-state index in [1.165, 1.54) is 0 Å². The van der Waals surface area contributed by atoms with Crippen LogP contribution >= 0.6 is 0 Å². The smallest absolute Gasteiger partial charge is 0.228 e. The molecule has 0 spiro atoms. The summed E-state index contributed by atoms with van der Waals surface area (Å²) in [5.41, 5.74) is 0.625. The van der Waals surface area contributed by atoms with Crippen molar-refractivity contribution >= 4 is 5.91 Å². The van der Waals surface area contributed by atoms with E-state index in [1.807, 2.05) is 24.3 Å². The number of benzene rings is 1. The number of ether oxygens (including phenoxy) is 1. The lowest BCUT2D eigenvalue weighted by molar-refractivity contribution is -0.139. The predicted molar refractivity (Wildman–Crippen MR) is 73.1 cm³/mol. The van der Waals surface area contributed by atoms with Crippen molar-refractivity contribution < 1.29 is 14.6 Å². The zero-order chi connectivity index (χ0) is 13.7. The molecule has 1 aromatic rings. The van der Waals surface area contributed by atoms with Crippen LogP contribution in [0.5, 0.6) is 5.75 Å². The van der Waals surface area contributed by atoms with Gasteiger partial charge in [-0.1, -0.05) is 18.6 Å². The Balaban J connectivity index is 1.81. The lowest BCUT2D eigenvalue weighted by atomic mass is 9.68. The summed E-state index contributed by atoms with van der Waals surface area (Å²) in [5, 5.41) is 12.2. The van der Waals surface area contributed by atoms with E-state index in [0.29, 0.717) is 6.54 Å². The number of amides is 1. The van der Waals surface area contributed by atoms with Gasteiger partial charge < -0.3 is 15.2 Å². The molecule has 4 heteroatoms. The molecule has 2 rings (SSSR count). The topological polar surface area (TPSA) is 58.6 Å². The first-order valence-corrected chi connectivity index (χ1v) is 6.72. The molecule has 0 heterocycles. The van der Waals surface area contributed by atoms with E-state index < -0.39 is 5.41 Å². The Kier molecular flexibility index (Phi) is 4.43. The number of carbonyl (C=O) groups is 1. The van der Waals surface area contributed by atoms with Gasteiger partial charge in [-0.3, -0.25) is 4.79 Å². The molecule has 0 atom stereocenters. The van der Waals surface area contributed by atoms with E-state index in [-0.39, 0.29) is 12.5 Å². The van der Waals surface area contributed by atoms with Crippen molar-refractivity contribution in [2.45, 2.75) is 25.7 Å². The molecular formula is C15H21NO3. The number of methoxy groups -OCH3 is 1. The van der Waals surface area contributed by atoms with Crippen molar-refractivity contribution in [3.05, 3.63) is 29.8 Å². The van der Waals surface area contributed by atoms with E-state index in [0.717, 1.165) is 37.0 Å². The van der Waals surface area contributed by atoms with E-state index >= 15 is 0 Å². The second kappa shape index (κ2) is 6.06. The molecule has 1 amide bonds. The molecule has 0 bridgehead atoms. The molecule has 2 N–H and O–H groups in total. The fourth-order valence-corrected chi connectivity index (χ4v) is 2.40. The first-order valence-electron chi connectivity index (χ1n) is 6.72. The van der Waals surface area contributed by atoms with Gasteiger partial charge in [0.15, 0.2) is 0 Å². The minimum absolute atomic E-state index is 0.0100. The average molecular weight is 263 g/mol. The molecule has 1 aliphatic carbocycles. The minimum Gasteiger partial charge on any atom is -0.497 e. The van der Waals surface area contributed by atoms with Crippen LogP contribution in [0.25, 0.3) is 0 Å². The predicted octanol–water partition coefficient (Wildman–Crippen LogP) is 1.52. The van der Waals surface area contributed by atoms with Gasteiger partial charge in [-0.2, -0.15) is 0 Å². The zero-order valence-electron chi connectivity index (χ0n) is 11.3. The maximum absolute atomic E-state index is 12.0. The maximum Gasteiger partial charge on any atom is 0.228 e. The van der Waals surface area contributed by atoms with E-state index in [9.17, 15) is 9.90 Å². The Bertz CT molecular complexity index is 435. The molecule has 19 heavy (non-hydrogen) atoms. The van der Waals surface area contributed by atoms with Crippen LogP contribution in [0, 0.1) is 5.41 Å². The molecule has 0 aromatic heterocycles. The summed E-state index contributed by atoms with van der Waals surface area (Å²) in [6, 6.07) is 7.82. The summed E-state index contributed by atoms with van der Waals surface area (Å²) >= 11 is 0. The third-order valence-electron chi connectivity index (χ3n) is 3.93. The molecule has 0 unspecified atom stereocenters.